The minimum absolute atomic E-state index is 0.126. The van der Waals surface area contributed by atoms with Gasteiger partial charge in [0.25, 0.3) is 0 Å². The van der Waals surface area contributed by atoms with E-state index in [0.717, 1.165) is 13.2 Å². The molecule has 0 bridgehead atoms. The minimum atomic E-state index is -1.98. The third-order valence-corrected chi connectivity index (χ3v) is 2.71. The zero-order valence-corrected chi connectivity index (χ0v) is 10.2. The first kappa shape index (κ1) is 14.0. The largest absolute Gasteiger partial charge is 0.467 e. The zero-order valence-electron chi connectivity index (χ0n) is 8.65. The Bertz CT molecular complexity index is 439. The SMILES string of the molecule is COC(=O)C(O)C(O)c1cc(F)c(Br)cc1F. The van der Waals surface area contributed by atoms with Crippen molar-refractivity contribution in [2.24, 2.45) is 0 Å². The summed E-state index contributed by atoms with van der Waals surface area (Å²) in [6, 6.07) is 1.48. The molecule has 1 rings (SSSR count). The van der Waals surface area contributed by atoms with Gasteiger partial charge in [-0.2, -0.15) is 0 Å². The molecule has 0 aromatic heterocycles. The maximum absolute atomic E-state index is 13.4. The van der Waals surface area contributed by atoms with Crippen LogP contribution in [0.4, 0.5) is 8.78 Å². The van der Waals surface area contributed by atoms with Crippen LogP contribution in [0.1, 0.15) is 11.7 Å². The second kappa shape index (κ2) is 5.52. The van der Waals surface area contributed by atoms with Crippen LogP contribution in [0.5, 0.6) is 0 Å². The van der Waals surface area contributed by atoms with Crippen molar-refractivity contribution in [1.82, 2.24) is 0 Å². The molecule has 0 saturated heterocycles. The van der Waals surface area contributed by atoms with Gasteiger partial charge in [0.1, 0.15) is 17.7 Å². The van der Waals surface area contributed by atoms with Crippen molar-refractivity contribution in [3.63, 3.8) is 0 Å². The summed E-state index contributed by atoms with van der Waals surface area (Å²) in [5.74, 6) is -2.91. The van der Waals surface area contributed by atoms with Crippen molar-refractivity contribution in [3.8, 4) is 0 Å². The van der Waals surface area contributed by atoms with Crippen LogP contribution in [0.2, 0.25) is 0 Å². The first-order chi connectivity index (χ1) is 7.88. The normalized spacial score (nSPS) is 14.2. The van der Waals surface area contributed by atoms with E-state index < -0.39 is 35.4 Å². The predicted molar refractivity (Wildman–Crippen MR) is 57.0 cm³/mol. The van der Waals surface area contributed by atoms with Crippen LogP contribution in [0.25, 0.3) is 0 Å². The molecular formula is C10H9BrF2O4. The molecule has 0 amide bonds. The van der Waals surface area contributed by atoms with Crippen LogP contribution in [-0.4, -0.2) is 29.4 Å². The predicted octanol–water partition coefficient (Wildman–Crippen LogP) is 1.29. The van der Waals surface area contributed by atoms with Gasteiger partial charge in [0.15, 0.2) is 6.10 Å². The van der Waals surface area contributed by atoms with Gasteiger partial charge < -0.3 is 14.9 Å². The Balaban J connectivity index is 3.08. The lowest BCUT2D eigenvalue weighted by Gasteiger charge is -2.16. The quantitative estimate of drug-likeness (QED) is 0.652. The highest BCUT2D eigenvalue weighted by molar-refractivity contribution is 9.10. The molecule has 0 heterocycles. The molecule has 1 aromatic carbocycles. The average molecular weight is 311 g/mol. The Morgan fingerprint density at radius 2 is 1.94 bits per heavy atom. The minimum Gasteiger partial charge on any atom is -0.467 e. The summed E-state index contributed by atoms with van der Waals surface area (Å²) < 4.78 is 30.6. The van der Waals surface area contributed by atoms with Crippen LogP contribution >= 0.6 is 15.9 Å². The molecule has 0 aliphatic rings. The van der Waals surface area contributed by atoms with Gasteiger partial charge in [-0.3, -0.25) is 0 Å². The second-order valence-electron chi connectivity index (χ2n) is 3.20. The fourth-order valence-electron chi connectivity index (χ4n) is 1.18. The van der Waals surface area contributed by atoms with Gasteiger partial charge in [-0.15, -0.1) is 0 Å². The molecule has 0 saturated carbocycles. The zero-order chi connectivity index (χ0) is 13.2. The number of rotatable bonds is 3. The molecule has 7 heteroatoms. The standard InChI is InChI=1S/C10H9BrF2O4/c1-17-10(16)9(15)8(14)4-2-7(13)5(11)3-6(4)12/h2-3,8-9,14-15H,1H3. The maximum Gasteiger partial charge on any atom is 0.337 e. The Labute approximate surface area is 104 Å². The van der Waals surface area contributed by atoms with Gasteiger partial charge in [-0.05, 0) is 28.1 Å². The van der Waals surface area contributed by atoms with Crippen molar-refractivity contribution in [2.75, 3.05) is 7.11 Å². The molecule has 17 heavy (non-hydrogen) atoms. The Hall–Kier alpha value is -1.05. The van der Waals surface area contributed by atoms with Gasteiger partial charge in [-0.25, -0.2) is 13.6 Å². The number of benzene rings is 1. The summed E-state index contributed by atoms with van der Waals surface area (Å²) in [7, 11) is 0.997. The number of carbonyl (C=O) groups is 1. The van der Waals surface area contributed by atoms with Crippen molar-refractivity contribution in [3.05, 3.63) is 33.8 Å². The number of hydrogen-bond acceptors (Lipinski definition) is 4. The lowest BCUT2D eigenvalue weighted by molar-refractivity contribution is -0.156. The van der Waals surface area contributed by atoms with Crippen molar-refractivity contribution >= 4 is 21.9 Å². The highest BCUT2D eigenvalue weighted by Gasteiger charge is 2.29. The molecule has 2 unspecified atom stereocenters. The van der Waals surface area contributed by atoms with E-state index in [2.05, 4.69) is 20.7 Å². The lowest BCUT2D eigenvalue weighted by Crippen LogP contribution is -2.29. The number of esters is 1. The van der Waals surface area contributed by atoms with E-state index in [4.69, 9.17) is 0 Å². The lowest BCUT2D eigenvalue weighted by atomic mass is 10.0. The number of methoxy groups -OCH3 is 1. The highest BCUT2D eigenvalue weighted by atomic mass is 79.9. The molecule has 94 valence electrons. The third kappa shape index (κ3) is 2.99. The van der Waals surface area contributed by atoms with Crippen molar-refractivity contribution < 1.29 is 28.5 Å². The van der Waals surface area contributed by atoms with E-state index in [9.17, 15) is 23.8 Å². The molecule has 0 aliphatic carbocycles. The molecular weight excluding hydrogens is 302 g/mol. The fraction of sp³-hybridized carbons (Fsp3) is 0.300. The smallest absolute Gasteiger partial charge is 0.337 e. The Morgan fingerprint density at radius 3 is 2.47 bits per heavy atom. The van der Waals surface area contributed by atoms with E-state index in [-0.39, 0.29) is 4.47 Å². The highest BCUT2D eigenvalue weighted by Crippen LogP contribution is 2.26. The van der Waals surface area contributed by atoms with Gasteiger partial charge in [0.05, 0.1) is 11.6 Å². The first-order valence-electron chi connectivity index (χ1n) is 4.47. The number of aliphatic hydroxyl groups is 2. The van der Waals surface area contributed by atoms with Crippen LogP contribution in [0, 0.1) is 11.6 Å². The number of halogens is 3. The van der Waals surface area contributed by atoms with Crippen LogP contribution in [0.15, 0.2) is 16.6 Å². The molecule has 0 radical (unpaired) electrons. The van der Waals surface area contributed by atoms with Gasteiger partial charge >= 0.3 is 5.97 Å². The monoisotopic (exact) mass is 310 g/mol. The van der Waals surface area contributed by atoms with Crippen molar-refractivity contribution in [1.29, 1.82) is 0 Å². The first-order valence-corrected chi connectivity index (χ1v) is 5.26. The summed E-state index contributed by atoms with van der Waals surface area (Å²) in [5.41, 5.74) is -0.524. The molecule has 2 atom stereocenters. The van der Waals surface area contributed by atoms with E-state index in [1.807, 2.05) is 0 Å². The maximum atomic E-state index is 13.4. The van der Waals surface area contributed by atoms with Gasteiger partial charge in [0.2, 0.25) is 0 Å². The number of carbonyl (C=O) groups excluding carboxylic acids is 1. The second-order valence-corrected chi connectivity index (χ2v) is 4.06. The Kier molecular flexibility index (Phi) is 4.55. The molecule has 1 aromatic rings. The third-order valence-electron chi connectivity index (χ3n) is 2.10. The number of aliphatic hydroxyl groups excluding tert-OH is 2. The summed E-state index contributed by atoms with van der Waals surface area (Å²) >= 11 is 2.76. The number of hydrogen-bond donors (Lipinski definition) is 2. The summed E-state index contributed by atoms with van der Waals surface area (Å²) in [6.07, 6.45) is -3.87. The van der Waals surface area contributed by atoms with E-state index in [1.165, 1.54) is 0 Å². The molecule has 2 N–H and O–H groups in total. The van der Waals surface area contributed by atoms with Gasteiger partial charge in [0, 0.05) is 5.56 Å². The van der Waals surface area contributed by atoms with Crippen LogP contribution in [-0.2, 0) is 9.53 Å². The Morgan fingerprint density at radius 1 is 1.35 bits per heavy atom. The van der Waals surface area contributed by atoms with Crippen molar-refractivity contribution in [2.45, 2.75) is 12.2 Å². The van der Waals surface area contributed by atoms with Crippen LogP contribution in [0.3, 0.4) is 0 Å². The van der Waals surface area contributed by atoms with Gasteiger partial charge in [-0.1, -0.05) is 0 Å². The van der Waals surface area contributed by atoms with E-state index in [0.29, 0.717) is 6.07 Å². The van der Waals surface area contributed by atoms with Crippen LogP contribution < -0.4 is 0 Å². The fourth-order valence-corrected chi connectivity index (χ4v) is 1.50. The molecule has 0 fully saturated rings. The van der Waals surface area contributed by atoms with E-state index >= 15 is 0 Å². The molecule has 0 aliphatic heterocycles. The number of ether oxygens (including phenoxy) is 1. The molecule has 0 spiro atoms. The van der Waals surface area contributed by atoms with E-state index in [1.54, 1.807) is 0 Å². The summed E-state index contributed by atoms with van der Waals surface area (Å²) in [5, 5.41) is 18.8. The summed E-state index contributed by atoms with van der Waals surface area (Å²) in [4.78, 5) is 10.9. The average Bonchev–Trinajstić information content (AvgIpc) is 2.31. The summed E-state index contributed by atoms with van der Waals surface area (Å²) in [6.45, 7) is 0. The molecule has 4 nitrogen and oxygen atoms in total. The topological polar surface area (TPSA) is 66.8 Å².